The molecule has 0 aliphatic heterocycles. The third-order valence-electron chi connectivity index (χ3n) is 2.85. The van der Waals surface area contributed by atoms with E-state index in [1.54, 1.807) is 0 Å². The number of hydrogen-bond acceptors (Lipinski definition) is 3. The third-order valence-corrected chi connectivity index (χ3v) is 2.85. The molecular formula is C14H16O3. The molecule has 1 aromatic rings. The van der Waals surface area contributed by atoms with Crippen LogP contribution in [-0.4, -0.2) is 13.1 Å². The molecule has 0 N–H and O–H groups in total. The number of carbonyl (C=O) groups is 1. The summed E-state index contributed by atoms with van der Waals surface area (Å²) in [7, 11) is 1.41. The molecule has 90 valence electrons. The van der Waals surface area contributed by atoms with Gasteiger partial charge in [-0.25, -0.2) is 4.79 Å². The molecule has 1 aromatic carbocycles. The Labute approximate surface area is 101 Å². The SMILES string of the molecule is COC(=O)C1=C(OCc2ccccc2)CCC1. The van der Waals surface area contributed by atoms with Crippen LogP contribution in [0.2, 0.25) is 0 Å². The van der Waals surface area contributed by atoms with Gasteiger partial charge in [-0.2, -0.15) is 0 Å². The van der Waals surface area contributed by atoms with Crippen LogP contribution in [0.5, 0.6) is 0 Å². The molecule has 0 aromatic heterocycles. The summed E-state index contributed by atoms with van der Waals surface area (Å²) in [6.07, 6.45) is 2.56. The first kappa shape index (κ1) is 11.7. The summed E-state index contributed by atoms with van der Waals surface area (Å²) >= 11 is 0. The zero-order valence-electron chi connectivity index (χ0n) is 9.94. The van der Waals surface area contributed by atoms with Crippen molar-refractivity contribution in [3.05, 3.63) is 47.2 Å². The zero-order chi connectivity index (χ0) is 12.1. The monoisotopic (exact) mass is 232 g/mol. The Morgan fingerprint density at radius 3 is 2.71 bits per heavy atom. The molecular weight excluding hydrogens is 216 g/mol. The lowest BCUT2D eigenvalue weighted by Crippen LogP contribution is -2.05. The minimum absolute atomic E-state index is 0.259. The molecule has 1 aliphatic carbocycles. The average Bonchev–Trinajstić information content (AvgIpc) is 2.85. The smallest absolute Gasteiger partial charge is 0.337 e. The lowest BCUT2D eigenvalue weighted by molar-refractivity contribution is -0.136. The molecule has 0 saturated carbocycles. The van der Waals surface area contributed by atoms with Crippen molar-refractivity contribution in [1.82, 2.24) is 0 Å². The Bertz CT molecular complexity index is 420. The lowest BCUT2D eigenvalue weighted by atomic mass is 10.2. The second-order valence-corrected chi connectivity index (χ2v) is 4.02. The van der Waals surface area contributed by atoms with Gasteiger partial charge in [0.25, 0.3) is 0 Å². The van der Waals surface area contributed by atoms with Crippen LogP contribution in [-0.2, 0) is 20.9 Å². The molecule has 17 heavy (non-hydrogen) atoms. The van der Waals surface area contributed by atoms with E-state index in [4.69, 9.17) is 9.47 Å². The van der Waals surface area contributed by atoms with Crippen molar-refractivity contribution in [2.45, 2.75) is 25.9 Å². The molecule has 0 heterocycles. The van der Waals surface area contributed by atoms with E-state index in [2.05, 4.69) is 0 Å². The highest BCUT2D eigenvalue weighted by molar-refractivity contribution is 5.89. The van der Waals surface area contributed by atoms with Crippen LogP contribution in [0.1, 0.15) is 24.8 Å². The fourth-order valence-corrected chi connectivity index (χ4v) is 1.96. The Morgan fingerprint density at radius 1 is 1.24 bits per heavy atom. The van der Waals surface area contributed by atoms with Gasteiger partial charge in [0.2, 0.25) is 0 Å². The van der Waals surface area contributed by atoms with Gasteiger partial charge < -0.3 is 9.47 Å². The standard InChI is InChI=1S/C14H16O3/c1-16-14(15)12-8-5-9-13(12)17-10-11-6-3-2-4-7-11/h2-4,6-7H,5,8-10H2,1H3. The maximum absolute atomic E-state index is 11.5. The predicted octanol–water partition coefficient (Wildman–Crippen LogP) is 2.81. The van der Waals surface area contributed by atoms with E-state index in [1.165, 1.54) is 7.11 Å². The minimum Gasteiger partial charge on any atom is -0.493 e. The summed E-state index contributed by atoms with van der Waals surface area (Å²) in [5, 5.41) is 0. The third kappa shape index (κ3) is 2.87. The van der Waals surface area contributed by atoms with Gasteiger partial charge in [0.15, 0.2) is 0 Å². The number of rotatable bonds is 4. The van der Waals surface area contributed by atoms with Gasteiger partial charge in [-0.05, 0) is 18.4 Å². The zero-order valence-corrected chi connectivity index (χ0v) is 9.94. The van der Waals surface area contributed by atoms with Crippen molar-refractivity contribution < 1.29 is 14.3 Å². The molecule has 0 fully saturated rings. The topological polar surface area (TPSA) is 35.5 Å². The summed E-state index contributed by atoms with van der Waals surface area (Å²) < 4.78 is 10.4. The van der Waals surface area contributed by atoms with Crippen LogP contribution in [0.4, 0.5) is 0 Å². The van der Waals surface area contributed by atoms with Crippen molar-refractivity contribution >= 4 is 5.97 Å². The Kier molecular flexibility index (Phi) is 3.81. The predicted molar refractivity (Wildman–Crippen MR) is 64.1 cm³/mol. The fraction of sp³-hybridized carbons (Fsp3) is 0.357. The van der Waals surface area contributed by atoms with Gasteiger partial charge in [0.1, 0.15) is 12.4 Å². The first-order valence-electron chi connectivity index (χ1n) is 5.78. The highest BCUT2D eigenvalue weighted by Gasteiger charge is 2.22. The summed E-state index contributed by atoms with van der Waals surface area (Å²) in [5.41, 5.74) is 1.81. The quantitative estimate of drug-likeness (QED) is 0.749. The Morgan fingerprint density at radius 2 is 2.00 bits per heavy atom. The minimum atomic E-state index is -0.259. The van der Waals surface area contributed by atoms with Gasteiger partial charge in [0, 0.05) is 6.42 Å². The van der Waals surface area contributed by atoms with Crippen LogP contribution in [0.3, 0.4) is 0 Å². The van der Waals surface area contributed by atoms with Crippen molar-refractivity contribution in [2.75, 3.05) is 7.11 Å². The average molecular weight is 232 g/mol. The number of benzene rings is 1. The number of hydrogen-bond donors (Lipinski definition) is 0. The van der Waals surface area contributed by atoms with Gasteiger partial charge >= 0.3 is 5.97 Å². The molecule has 0 unspecified atom stereocenters. The van der Waals surface area contributed by atoms with Crippen LogP contribution in [0, 0.1) is 0 Å². The van der Waals surface area contributed by atoms with E-state index in [1.807, 2.05) is 30.3 Å². The van der Waals surface area contributed by atoms with Crippen LogP contribution in [0.15, 0.2) is 41.7 Å². The van der Waals surface area contributed by atoms with E-state index < -0.39 is 0 Å². The van der Waals surface area contributed by atoms with Gasteiger partial charge in [-0.1, -0.05) is 30.3 Å². The maximum Gasteiger partial charge on any atom is 0.337 e. The van der Waals surface area contributed by atoms with Gasteiger partial charge in [-0.15, -0.1) is 0 Å². The van der Waals surface area contributed by atoms with Crippen molar-refractivity contribution in [3.63, 3.8) is 0 Å². The summed E-state index contributed by atoms with van der Waals surface area (Å²) in [4.78, 5) is 11.5. The normalized spacial score (nSPS) is 14.9. The van der Waals surface area contributed by atoms with Crippen LogP contribution < -0.4 is 0 Å². The Balaban J connectivity index is 2.01. The molecule has 0 atom stereocenters. The molecule has 0 amide bonds. The largest absolute Gasteiger partial charge is 0.493 e. The Hall–Kier alpha value is -1.77. The number of carbonyl (C=O) groups excluding carboxylic acids is 1. The van der Waals surface area contributed by atoms with Crippen LogP contribution >= 0.6 is 0 Å². The number of ether oxygens (including phenoxy) is 2. The highest BCUT2D eigenvalue weighted by Crippen LogP contribution is 2.28. The van der Waals surface area contributed by atoms with Crippen molar-refractivity contribution in [3.8, 4) is 0 Å². The number of allylic oxidation sites excluding steroid dienone is 1. The van der Waals surface area contributed by atoms with Crippen molar-refractivity contribution in [1.29, 1.82) is 0 Å². The van der Waals surface area contributed by atoms with E-state index in [-0.39, 0.29) is 5.97 Å². The van der Waals surface area contributed by atoms with Gasteiger partial charge in [-0.3, -0.25) is 0 Å². The van der Waals surface area contributed by atoms with E-state index in [0.717, 1.165) is 30.6 Å². The van der Waals surface area contributed by atoms with Crippen molar-refractivity contribution in [2.24, 2.45) is 0 Å². The maximum atomic E-state index is 11.5. The summed E-state index contributed by atoms with van der Waals surface area (Å²) in [5.74, 6) is 0.534. The van der Waals surface area contributed by atoms with Gasteiger partial charge in [0.05, 0.1) is 12.7 Å². The molecule has 0 bridgehead atoms. The molecule has 3 nitrogen and oxygen atoms in total. The molecule has 2 rings (SSSR count). The number of methoxy groups -OCH3 is 1. The lowest BCUT2D eigenvalue weighted by Gasteiger charge is -2.09. The summed E-state index contributed by atoms with van der Waals surface area (Å²) in [6, 6.07) is 9.94. The summed E-state index contributed by atoms with van der Waals surface area (Å²) in [6.45, 7) is 0.511. The molecule has 0 saturated heterocycles. The molecule has 3 heteroatoms. The second kappa shape index (κ2) is 5.53. The first-order valence-corrected chi connectivity index (χ1v) is 5.78. The molecule has 1 aliphatic rings. The highest BCUT2D eigenvalue weighted by atomic mass is 16.5. The first-order chi connectivity index (χ1) is 8.31. The molecule has 0 radical (unpaired) electrons. The van der Waals surface area contributed by atoms with Crippen LogP contribution in [0.25, 0.3) is 0 Å². The van der Waals surface area contributed by atoms with E-state index >= 15 is 0 Å². The fourth-order valence-electron chi connectivity index (χ4n) is 1.96. The van der Waals surface area contributed by atoms with E-state index in [0.29, 0.717) is 12.2 Å². The van der Waals surface area contributed by atoms with E-state index in [9.17, 15) is 4.79 Å². The number of esters is 1. The second-order valence-electron chi connectivity index (χ2n) is 4.02. The molecule has 0 spiro atoms.